The van der Waals surface area contributed by atoms with Gasteiger partial charge in [0.25, 0.3) is 0 Å². The lowest BCUT2D eigenvalue weighted by atomic mass is 9.89. The molecule has 1 aromatic rings. The molecule has 2 unspecified atom stereocenters. The second-order valence-electron chi connectivity index (χ2n) is 6.91. The van der Waals surface area contributed by atoms with Crippen molar-refractivity contribution in [3.63, 3.8) is 0 Å². The standard InChI is InChI=1S/C19H28N2/c1-3-4-12-21-15-19(2,17-10-11-17)20-14-18(21)13-16-8-6-5-7-9-16/h3-9,17-18,20H,10-15H2,1-2H3/b4-3+. The molecule has 1 aliphatic heterocycles. The molecule has 0 aromatic heterocycles. The van der Waals surface area contributed by atoms with Gasteiger partial charge in [-0.25, -0.2) is 0 Å². The zero-order chi connectivity index (χ0) is 14.7. The fourth-order valence-corrected chi connectivity index (χ4v) is 3.62. The number of benzene rings is 1. The van der Waals surface area contributed by atoms with Crippen molar-refractivity contribution in [1.82, 2.24) is 10.2 Å². The Morgan fingerprint density at radius 2 is 2.05 bits per heavy atom. The van der Waals surface area contributed by atoms with Gasteiger partial charge >= 0.3 is 0 Å². The van der Waals surface area contributed by atoms with E-state index >= 15 is 0 Å². The Morgan fingerprint density at radius 1 is 1.29 bits per heavy atom. The van der Waals surface area contributed by atoms with E-state index in [4.69, 9.17) is 0 Å². The van der Waals surface area contributed by atoms with Crippen molar-refractivity contribution < 1.29 is 0 Å². The lowest BCUT2D eigenvalue weighted by molar-refractivity contribution is 0.0854. The third-order valence-electron chi connectivity index (χ3n) is 5.16. The average Bonchev–Trinajstić information content (AvgIpc) is 3.34. The third kappa shape index (κ3) is 3.56. The maximum atomic E-state index is 3.87. The van der Waals surface area contributed by atoms with E-state index in [-0.39, 0.29) is 0 Å². The minimum Gasteiger partial charge on any atom is -0.308 e. The number of rotatable bonds is 5. The highest BCUT2D eigenvalue weighted by molar-refractivity contribution is 5.17. The van der Waals surface area contributed by atoms with E-state index in [1.165, 1.54) is 24.9 Å². The van der Waals surface area contributed by atoms with E-state index in [1.807, 2.05) is 0 Å². The quantitative estimate of drug-likeness (QED) is 0.835. The molecule has 1 saturated heterocycles. The summed E-state index contributed by atoms with van der Waals surface area (Å²) in [6.07, 6.45) is 8.44. The van der Waals surface area contributed by atoms with Gasteiger partial charge in [-0.05, 0) is 44.6 Å². The van der Waals surface area contributed by atoms with Gasteiger partial charge in [-0.2, -0.15) is 0 Å². The van der Waals surface area contributed by atoms with Crippen LogP contribution < -0.4 is 5.32 Å². The second kappa shape index (κ2) is 6.33. The molecular formula is C19H28N2. The van der Waals surface area contributed by atoms with Crippen LogP contribution in [0.5, 0.6) is 0 Å². The number of hydrogen-bond acceptors (Lipinski definition) is 2. The Labute approximate surface area is 129 Å². The summed E-state index contributed by atoms with van der Waals surface area (Å²) in [5.41, 5.74) is 1.78. The van der Waals surface area contributed by atoms with E-state index in [0.29, 0.717) is 11.6 Å². The first kappa shape index (κ1) is 14.8. The zero-order valence-electron chi connectivity index (χ0n) is 13.4. The molecule has 114 valence electrons. The molecule has 1 N–H and O–H groups in total. The molecule has 0 spiro atoms. The van der Waals surface area contributed by atoms with Crippen molar-refractivity contribution in [1.29, 1.82) is 0 Å². The first-order valence-corrected chi connectivity index (χ1v) is 8.35. The Kier molecular flexibility index (Phi) is 4.46. The van der Waals surface area contributed by atoms with Crippen molar-refractivity contribution >= 4 is 0 Å². The summed E-state index contributed by atoms with van der Waals surface area (Å²) in [7, 11) is 0. The van der Waals surface area contributed by atoms with Gasteiger partial charge in [0, 0.05) is 31.2 Å². The minimum atomic E-state index is 0.328. The molecule has 2 aliphatic rings. The summed E-state index contributed by atoms with van der Waals surface area (Å²) in [5.74, 6) is 0.892. The molecule has 1 aliphatic carbocycles. The molecule has 0 bridgehead atoms. The van der Waals surface area contributed by atoms with E-state index in [9.17, 15) is 0 Å². The Bertz CT molecular complexity index is 478. The van der Waals surface area contributed by atoms with Crippen molar-refractivity contribution in [3.8, 4) is 0 Å². The molecular weight excluding hydrogens is 256 g/mol. The van der Waals surface area contributed by atoms with Gasteiger partial charge in [-0.3, -0.25) is 4.90 Å². The van der Waals surface area contributed by atoms with Crippen LogP contribution in [0.4, 0.5) is 0 Å². The first-order valence-electron chi connectivity index (χ1n) is 8.35. The number of nitrogens with one attached hydrogen (secondary N) is 1. The lowest BCUT2D eigenvalue weighted by Crippen LogP contribution is -2.64. The first-order chi connectivity index (χ1) is 10.2. The highest BCUT2D eigenvalue weighted by Gasteiger charge is 2.45. The highest BCUT2D eigenvalue weighted by atomic mass is 15.3. The van der Waals surface area contributed by atoms with Gasteiger partial charge in [-0.15, -0.1) is 0 Å². The van der Waals surface area contributed by atoms with Crippen molar-refractivity contribution in [2.75, 3.05) is 19.6 Å². The minimum absolute atomic E-state index is 0.328. The molecule has 2 atom stereocenters. The number of nitrogens with zero attached hydrogens (tertiary/aromatic N) is 1. The van der Waals surface area contributed by atoms with Gasteiger partial charge in [0.1, 0.15) is 0 Å². The maximum Gasteiger partial charge on any atom is 0.0309 e. The third-order valence-corrected chi connectivity index (χ3v) is 5.16. The summed E-state index contributed by atoms with van der Waals surface area (Å²) >= 11 is 0. The van der Waals surface area contributed by atoms with Crippen molar-refractivity contribution in [2.45, 2.75) is 44.7 Å². The Hall–Kier alpha value is -1.12. The Balaban J connectivity index is 1.69. The number of hydrogen-bond donors (Lipinski definition) is 1. The highest BCUT2D eigenvalue weighted by Crippen LogP contribution is 2.41. The van der Waals surface area contributed by atoms with Gasteiger partial charge in [0.15, 0.2) is 0 Å². The monoisotopic (exact) mass is 284 g/mol. The van der Waals surface area contributed by atoms with Crippen LogP contribution in [0.15, 0.2) is 42.5 Å². The fraction of sp³-hybridized carbons (Fsp3) is 0.579. The average molecular weight is 284 g/mol. The van der Waals surface area contributed by atoms with Crippen molar-refractivity contribution in [3.05, 3.63) is 48.0 Å². The molecule has 1 aromatic carbocycles. The SMILES string of the molecule is C/C=C/CN1CC(C)(C2CC2)NCC1Cc1ccccc1. The molecule has 21 heavy (non-hydrogen) atoms. The summed E-state index contributed by atoms with van der Waals surface area (Å²) in [4.78, 5) is 2.68. The summed E-state index contributed by atoms with van der Waals surface area (Å²) in [6.45, 7) is 7.91. The van der Waals surface area contributed by atoms with E-state index in [1.54, 1.807) is 0 Å². The van der Waals surface area contributed by atoms with Crippen LogP contribution in [0, 0.1) is 5.92 Å². The largest absolute Gasteiger partial charge is 0.308 e. The van der Waals surface area contributed by atoms with Crippen LogP contribution >= 0.6 is 0 Å². The lowest BCUT2D eigenvalue weighted by Gasteiger charge is -2.46. The number of allylic oxidation sites excluding steroid dienone is 1. The molecule has 2 nitrogen and oxygen atoms in total. The van der Waals surface area contributed by atoms with Gasteiger partial charge in [-0.1, -0.05) is 42.5 Å². The zero-order valence-corrected chi connectivity index (χ0v) is 13.4. The van der Waals surface area contributed by atoms with E-state index in [0.717, 1.165) is 25.4 Å². The second-order valence-corrected chi connectivity index (χ2v) is 6.91. The molecule has 2 fully saturated rings. The van der Waals surface area contributed by atoms with Crippen molar-refractivity contribution in [2.24, 2.45) is 5.92 Å². The molecule has 0 radical (unpaired) electrons. The van der Waals surface area contributed by atoms with Crippen LogP contribution in [0.25, 0.3) is 0 Å². The summed E-state index contributed by atoms with van der Waals surface area (Å²) in [5, 5.41) is 3.87. The van der Waals surface area contributed by atoms with Crippen LogP contribution in [-0.2, 0) is 6.42 Å². The molecule has 1 saturated carbocycles. The molecule has 2 heteroatoms. The molecule has 1 heterocycles. The van der Waals surface area contributed by atoms with E-state index in [2.05, 4.69) is 66.5 Å². The van der Waals surface area contributed by atoms with Gasteiger partial charge < -0.3 is 5.32 Å². The van der Waals surface area contributed by atoms with Crippen LogP contribution in [0.2, 0.25) is 0 Å². The molecule has 0 amide bonds. The summed E-state index contributed by atoms with van der Waals surface area (Å²) in [6, 6.07) is 11.5. The van der Waals surface area contributed by atoms with Gasteiger partial charge in [0.2, 0.25) is 0 Å². The molecule has 3 rings (SSSR count). The predicted octanol–water partition coefficient (Wildman–Crippen LogP) is 3.25. The van der Waals surface area contributed by atoms with Crippen LogP contribution in [0.3, 0.4) is 0 Å². The topological polar surface area (TPSA) is 15.3 Å². The van der Waals surface area contributed by atoms with Crippen LogP contribution in [-0.4, -0.2) is 36.1 Å². The van der Waals surface area contributed by atoms with E-state index < -0.39 is 0 Å². The smallest absolute Gasteiger partial charge is 0.0309 e. The fourth-order valence-electron chi connectivity index (χ4n) is 3.62. The van der Waals surface area contributed by atoms with Crippen LogP contribution in [0.1, 0.15) is 32.3 Å². The predicted molar refractivity (Wildman–Crippen MR) is 89.5 cm³/mol. The normalized spacial score (nSPS) is 30.9. The summed E-state index contributed by atoms with van der Waals surface area (Å²) < 4.78 is 0. The Morgan fingerprint density at radius 3 is 2.71 bits per heavy atom. The number of piperazine rings is 1. The van der Waals surface area contributed by atoms with Gasteiger partial charge in [0.05, 0.1) is 0 Å². The maximum absolute atomic E-state index is 3.87.